The molecule has 0 spiro atoms. The molecule has 0 amide bonds. The normalized spacial score (nSPS) is 14.1. The number of methoxy groups -OCH3 is 2. The summed E-state index contributed by atoms with van der Waals surface area (Å²) in [5.41, 5.74) is 3.03. The van der Waals surface area contributed by atoms with Crippen LogP contribution >= 0.6 is 23.8 Å². The van der Waals surface area contributed by atoms with Gasteiger partial charge in [0.25, 0.3) is 0 Å². The van der Waals surface area contributed by atoms with Crippen LogP contribution in [0.2, 0.25) is 5.02 Å². The minimum atomic E-state index is 0.680. The number of piperazine rings is 1. The molecule has 1 aliphatic heterocycles. The molecule has 0 unspecified atom stereocenters. The van der Waals surface area contributed by atoms with Gasteiger partial charge in [-0.2, -0.15) is 0 Å². The predicted molar refractivity (Wildman–Crippen MR) is 116 cm³/mol. The Labute approximate surface area is 170 Å². The van der Waals surface area contributed by atoms with Gasteiger partial charge in [-0.1, -0.05) is 17.7 Å². The van der Waals surface area contributed by atoms with Gasteiger partial charge in [-0.25, -0.2) is 0 Å². The molecule has 0 atom stereocenters. The molecule has 27 heavy (non-hydrogen) atoms. The van der Waals surface area contributed by atoms with E-state index in [2.05, 4.69) is 15.1 Å². The molecular weight excluding hydrogens is 382 g/mol. The second-order valence-corrected chi connectivity index (χ2v) is 7.22. The van der Waals surface area contributed by atoms with Crippen LogP contribution in [0.5, 0.6) is 11.5 Å². The van der Waals surface area contributed by atoms with Crippen molar-refractivity contribution in [3.63, 3.8) is 0 Å². The van der Waals surface area contributed by atoms with Crippen LogP contribution in [-0.4, -0.2) is 50.4 Å². The van der Waals surface area contributed by atoms with Gasteiger partial charge in [0.2, 0.25) is 0 Å². The van der Waals surface area contributed by atoms with Crippen LogP contribution in [-0.2, 0) is 0 Å². The van der Waals surface area contributed by atoms with Crippen LogP contribution in [0.4, 0.5) is 11.4 Å². The fourth-order valence-electron chi connectivity index (χ4n) is 3.11. The van der Waals surface area contributed by atoms with E-state index in [1.54, 1.807) is 14.2 Å². The van der Waals surface area contributed by atoms with E-state index in [0.29, 0.717) is 10.1 Å². The number of thiocarbonyl (C=S) groups is 1. The zero-order chi connectivity index (χ0) is 19.4. The number of nitrogens with zero attached hydrogens (tertiary/aromatic N) is 2. The van der Waals surface area contributed by atoms with Crippen LogP contribution in [0.25, 0.3) is 0 Å². The second-order valence-electron chi connectivity index (χ2n) is 6.43. The molecule has 2 aromatic rings. The lowest BCUT2D eigenvalue weighted by atomic mass is 10.2. The first kappa shape index (κ1) is 19.6. The number of anilines is 2. The summed E-state index contributed by atoms with van der Waals surface area (Å²) in [5.74, 6) is 1.60. The first-order valence-electron chi connectivity index (χ1n) is 8.81. The van der Waals surface area contributed by atoms with Gasteiger partial charge in [0.05, 0.1) is 30.6 Å². The van der Waals surface area contributed by atoms with Gasteiger partial charge in [-0.05, 0) is 49.0 Å². The maximum absolute atomic E-state index is 6.30. The molecule has 7 heteroatoms. The highest BCUT2D eigenvalue weighted by Crippen LogP contribution is 2.33. The quantitative estimate of drug-likeness (QED) is 0.769. The summed E-state index contributed by atoms with van der Waals surface area (Å²) in [6, 6.07) is 11.8. The molecule has 1 aliphatic rings. The molecule has 1 saturated heterocycles. The van der Waals surface area contributed by atoms with Crippen molar-refractivity contribution in [1.29, 1.82) is 0 Å². The van der Waals surface area contributed by atoms with Crippen molar-refractivity contribution in [2.24, 2.45) is 0 Å². The number of nitrogens with one attached hydrogen (secondary N) is 1. The van der Waals surface area contributed by atoms with E-state index in [4.69, 9.17) is 33.3 Å². The highest BCUT2D eigenvalue weighted by atomic mass is 35.5. The molecule has 5 nitrogen and oxygen atoms in total. The van der Waals surface area contributed by atoms with Crippen molar-refractivity contribution in [2.75, 3.05) is 50.6 Å². The number of ether oxygens (including phenoxy) is 2. The maximum atomic E-state index is 6.30. The lowest BCUT2D eigenvalue weighted by Crippen LogP contribution is -2.50. The van der Waals surface area contributed by atoms with Crippen LogP contribution in [0.15, 0.2) is 36.4 Å². The summed E-state index contributed by atoms with van der Waals surface area (Å²) in [5, 5.41) is 4.64. The number of aryl methyl sites for hydroxylation is 1. The lowest BCUT2D eigenvalue weighted by molar-refractivity contribution is 0.377. The number of rotatable bonds is 4. The van der Waals surface area contributed by atoms with Gasteiger partial charge in [-0.15, -0.1) is 0 Å². The van der Waals surface area contributed by atoms with Gasteiger partial charge in [-0.3, -0.25) is 0 Å². The molecule has 0 saturated carbocycles. The first-order valence-corrected chi connectivity index (χ1v) is 9.59. The minimum Gasteiger partial charge on any atom is -0.497 e. The van der Waals surface area contributed by atoms with E-state index in [0.717, 1.165) is 54.6 Å². The Hall–Kier alpha value is -2.18. The molecule has 1 heterocycles. The Morgan fingerprint density at radius 1 is 1.04 bits per heavy atom. The van der Waals surface area contributed by atoms with E-state index in [1.807, 2.05) is 43.3 Å². The van der Waals surface area contributed by atoms with Crippen molar-refractivity contribution in [3.05, 3.63) is 47.0 Å². The molecule has 144 valence electrons. The zero-order valence-electron chi connectivity index (χ0n) is 15.8. The molecule has 0 bridgehead atoms. The molecule has 0 radical (unpaired) electrons. The zero-order valence-corrected chi connectivity index (χ0v) is 17.4. The standard InChI is InChI=1S/C20H24ClN3O2S/c1-14-4-6-17(16(21)12-14)22-20(27)24-10-8-23(9-11-24)18-7-5-15(25-2)13-19(18)26-3/h4-7,12-13H,8-11H2,1-3H3,(H,22,27). The number of hydrogen-bond donors (Lipinski definition) is 1. The van der Waals surface area contributed by atoms with E-state index < -0.39 is 0 Å². The maximum Gasteiger partial charge on any atom is 0.173 e. The third kappa shape index (κ3) is 4.57. The Morgan fingerprint density at radius 2 is 1.78 bits per heavy atom. The van der Waals surface area contributed by atoms with Crippen molar-refractivity contribution >= 4 is 40.3 Å². The lowest BCUT2D eigenvalue weighted by Gasteiger charge is -2.38. The van der Waals surface area contributed by atoms with E-state index in [9.17, 15) is 0 Å². The smallest absolute Gasteiger partial charge is 0.173 e. The molecular formula is C20H24ClN3O2S. The third-order valence-corrected chi connectivity index (χ3v) is 5.33. The van der Waals surface area contributed by atoms with Gasteiger partial charge in [0.15, 0.2) is 5.11 Å². The molecule has 2 aromatic carbocycles. The van der Waals surface area contributed by atoms with Crippen LogP contribution in [0.1, 0.15) is 5.56 Å². The molecule has 0 aliphatic carbocycles. The van der Waals surface area contributed by atoms with E-state index in [1.165, 1.54) is 0 Å². The summed E-state index contributed by atoms with van der Waals surface area (Å²) in [4.78, 5) is 4.47. The summed E-state index contributed by atoms with van der Waals surface area (Å²) in [7, 11) is 3.33. The Kier molecular flexibility index (Phi) is 6.29. The van der Waals surface area contributed by atoms with Gasteiger partial charge < -0.3 is 24.6 Å². The van der Waals surface area contributed by atoms with Gasteiger partial charge >= 0.3 is 0 Å². The molecule has 0 aromatic heterocycles. The Balaban J connectivity index is 1.62. The van der Waals surface area contributed by atoms with Crippen molar-refractivity contribution in [1.82, 2.24) is 4.90 Å². The fourth-order valence-corrected chi connectivity index (χ4v) is 3.69. The van der Waals surface area contributed by atoms with Crippen LogP contribution in [0.3, 0.4) is 0 Å². The third-order valence-electron chi connectivity index (χ3n) is 4.66. The summed E-state index contributed by atoms with van der Waals surface area (Å²) < 4.78 is 10.8. The Bertz CT molecular complexity index is 823. The van der Waals surface area contributed by atoms with Crippen molar-refractivity contribution in [2.45, 2.75) is 6.92 Å². The fraction of sp³-hybridized carbons (Fsp3) is 0.350. The molecule has 1 N–H and O–H groups in total. The number of hydrogen-bond acceptors (Lipinski definition) is 4. The first-order chi connectivity index (χ1) is 13.0. The Morgan fingerprint density at radius 3 is 2.41 bits per heavy atom. The minimum absolute atomic E-state index is 0.680. The van der Waals surface area contributed by atoms with Crippen LogP contribution in [0, 0.1) is 6.92 Å². The number of halogens is 1. The largest absolute Gasteiger partial charge is 0.497 e. The summed E-state index contributed by atoms with van der Waals surface area (Å²) in [6.07, 6.45) is 0. The van der Waals surface area contributed by atoms with E-state index in [-0.39, 0.29) is 0 Å². The van der Waals surface area contributed by atoms with Crippen molar-refractivity contribution < 1.29 is 9.47 Å². The van der Waals surface area contributed by atoms with Crippen molar-refractivity contribution in [3.8, 4) is 11.5 Å². The SMILES string of the molecule is COc1ccc(N2CCN(C(=S)Nc3ccc(C)cc3Cl)CC2)c(OC)c1. The average Bonchev–Trinajstić information content (AvgIpc) is 2.69. The van der Waals surface area contributed by atoms with Crippen LogP contribution < -0.4 is 19.7 Å². The summed E-state index contributed by atoms with van der Waals surface area (Å²) in [6.45, 7) is 5.37. The number of benzene rings is 2. The topological polar surface area (TPSA) is 37.0 Å². The predicted octanol–water partition coefficient (Wildman–Crippen LogP) is 4.18. The monoisotopic (exact) mass is 405 g/mol. The summed E-state index contributed by atoms with van der Waals surface area (Å²) >= 11 is 11.9. The second kappa shape index (κ2) is 8.67. The highest BCUT2D eigenvalue weighted by Gasteiger charge is 2.22. The van der Waals surface area contributed by atoms with Gasteiger partial charge in [0, 0.05) is 32.2 Å². The average molecular weight is 406 g/mol. The molecule has 1 fully saturated rings. The van der Waals surface area contributed by atoms with E-state index >= 15 is 0 Å². The highest BCUT2D eigenvalue weighted by molar-refractivity contribution is 7.80. The molecule has 3 rings (SSSR count). The van der Waals surface area contributed by atoms with Gasteiger partial charge in [0.1, 0.15) is 11.5 Å².